The smallest absolute Gasteiger partial charge is 0.240 e. The van der Waals surface area contributed by atoms with E-state index >= 15 is 0 Å². The third-order valence-electron chi connectivity index (χ3n) is 7.45. The molecule has 0 bridgehead atoms. The molecular formula is C24H32BrN5OS. The number of carbonyl (C=O) groups excluding carboxylic acids is 1. The summed E-state index contributed by atoms with van der Waals surface area (Å²) in [6, 6.07) is 8.79. The molecule has 2 aliphatic heterocycles. The highest BCUT2D eigenvalue weighted by Crippen LogP contribution is 2.33. The molecule has 2 aromatic rings. The van der Waals surface area contributed by atoms with E-state index in [4.69, 9.17) is 10.7 Å². The third kappa shape index (κ3) is 4.52. The van der Waals surface area contributed by atoms with Crippen molar-refractivity contribution in [2.75, 3.05) is 49.3 Å². The van der Waals surface area contributed by atoms with Gasteiger partial charge >= 0.3 is 0 Å². The van der Waals surface area contributed by atoms with E-state index in [1.54, 1.807) is 0 Å². The lowest BCUT2D eigenvalue weighted by molar-refractivity contribution is -0.132. The number of hydrogen-bond donors (Lipinski definition) is 1. The monoisotopic (exact) mass is 517 g/mol. The number of pyridine rings is 1. The van der Waals surface area contributed by atoms with Crippen molar-refractivity contribution in [3.05, 3.63) is 34.9 Å². The molecule has 1 saturated carbocycles. The van der Waals surface area contributed by atoms with Crippen LogP contribution in [0.1, 0.15) is 25.7 Å². The Balaban J connectivity index is 1.15. The number of piperazine rings is 1. The normalized spacial score (nSPS) is 25.9. The number of carbonyl (C=O) groups is 1. The number of aromatic nitrogens is 1. The predicted molar refractivity (Wildman–Crippen MR) is 136 cm³/mol. The van der Waals surface area contributed by atoms with Crippen LogP contribution in [0.4, 0.5) is 5.82 Å². The summed E-state index contributed by atoms with van der Waals surface area (Å²) in [4.78, 5) is 24.5. The Morgan fingerprint density at radius 1 is 1.06 bits per heavy atom. The Morgan fingerprint density at radius 3 is 2.47 bits per heavy atom. The first-order valence-electron chi connectivity index (χ1n) is 11.8. The van der Waals surface area contributed by atoms with Crippen LogP contribution in [-0.2, 0) is 4.79 Å². The quantitative estimate of drug-likeness (QED) is 0.668. The zero-order valence-electron chi connectivity index (χ0n) is 18.5. The summed E-state index contributed by atoms with van der Waals surface area (Å²) in [6.07, 6.45) is 6.37. The molecule has 0 radical (unpaired) electrons. The number of anilines is 1. The van der Waals surface area contributed by atoms with Crippen LogP contribution in [-0.4, -0.2) is 77.1 Å². The van der Waals surface area contributed by atoms with Crippen LogP contribution >= 0.6 is 27.7 Å². The summed E-state index contributed by atoms with van der Waals surface area (Å²) in [5.74, 6) is 3.46. The molecule has 2 saturated heterocycles. The van der Waals surface area contributed by atoms with Crippen molar-refractivity contribution in [2.45, 2.75) is 37.8 Å². The maximum absolute atomic E-state index is 12.7. The minimum absolute atomic E-state index is 0.168. The van der Waals surface area contributed by atoms with Crippen LogP contribution in [0.5, 0.6) is 0 Å². The second-order valence-electron chi connectivity index (χ2n) is 9.23. The van der Waals surface area contributed by atoms with Crippen molar-refractivity contribution in [3.63, 3.8) is 0 Å². The highest BCUT2D eigenvalue weighted by Gasteiger charge is 2.35. The maximum Gasteiger partial charge on any atom is 0.240 e. The number of amides is 1. The first kappa shape index (κ1) is 22.4. The van der Waals surface area contributed by atoms with Crippen molar-refractivity contribution >= 4 is 50.2 Å². The average molecular weight is 519 g/mol. The van der Waals surface area contributed by atoms with Gasteiger partial charge in [0.25, 0.3) is 0 Å². The number of fused-ring (bicyclic) bond motifs is 1. The van der Waals surface area contributed by atoms with Crippen molar-refractivity contribution in [2.24, 2.45) is 11.7 Å². The number of halogens is 1. The minimum atomic E-state index is -0.316. The fourth-order valence-corrected chi connectivity index (χ4v) is 6.92. The van der Waals surface area contributed by atoms with E-state index < -0.39 is 0 Å². The van der Waals surface area contributed by atoms with Gasteiger partial charge in [-0.15, -0.1) is 11.8 Å². The van der Waals surface area contributed by atoms with E-state index in [2.05, 4.69) is 50.0 Å². The number of thioether (sulfide) groups is 1. The zero-order chi connectivity index (χ0) is 22.1. The summed E-state index contributed by atoms with van der Waals surface area (Å²) in [7, 11) is 0. The Kier molecular flexibility index (Phi) is 6.92. The van der Waals surface area contributed by atoms with Gasteiger partial charge in [0, 0.05) is 66.0 Å². The molecule has 172 valence electrons. The van der Waals surface area contributed by atoms with Gasteiger partial charge in [-0.1, -0.05) is 24.3 Å². The van der Waals surface area contributed by atoms with E-state index in [1.165, 1.54) is 10.8 Å². The molecule has 8 heteroatoms. The van der Waals surface area contributed by atoms with Gasteiger partial charge in [0.1, 0.15) is 5.82 Å². The lowest BCUT2D eigenvalue weighted by atomic mass is 9.80. The topological polar surface area (TPSA) is 65.7 Å². The number of nitrogens with two attached hydrogens (primary N) is 1. The molecule has 3 fully saturated rings. The third-order valence-corrected chi connectivity index (χ3v) is 9.05. The molecule has 6 nitrogen and oxygen atoms in total. The summed E-state index contributed by atoms with van der Waals surface area (Å²) >= 11 is 5.46. The summed E-state index contributed by atoms with van der Waals surface area (Å²) < 4.78 is 1.05. The largest absolute Gasteiger partial charge is 0.354 e. The molecule has 1 aromatic heterocycles. The van der Waals surface area contributed by atoms with E-state index in [9.17, 15) is 4.79 Å². The molecule has 32 heavy (non-hydrogen) atoms. The molecular weight excluding hydrogens is 486 g/mol. The zero-order valence-corrected chi connectivity index (χ0v) is 20.9. The van der Waals surface area contributed by atoms with Crippen LogP contribution in [0.3, 0.4) is 0 Å². The standard InChI is InChI=1S/C24H32BrN5OS/c25-21-15-27-23(20-4-2-1-3-19(20)21)29-11-9-28(10-12-29)18-7-5-17(6-8-18)22(26)24(31)30-13-14-32-16-30/h1-4,15,17-18,22H,5-14,16,26H2/t17-,18+,22-/m0/s1. The SMILES string of the molecule is N[C@H](C(=O)N1CCSC1)[C@H]1CC[C@@H](N2CCN(c3ncc(Br)c4ccccc34)CC2)CC1. The molecule has 1 aliphatic carbocycles. The van der Waals surface area contributed by atoms with Gasteiger partial charge in [0.05, 0.1) is 11.9 Å². The summed E-state index contributed by atoms with van der Waals surface area (Å²) in [6.45, 7) is 5.00. The van der Waals surface area contributed by atoms with Gasteiger partial charge in [-0.25, -0.2) is 4.98 Å². The van der Waals surface area contributed by atoms with Crippen LogP contribution in [0.25, 0.3) is 10.8 Å². The lowest BCUT2D eigenvalue weighted by Crippen LogP contribution is -2.53. The van der Waals surface area contributed by atoms with Gasteiger partial charge < -0.3 is 15.5 Å². The van der Waals surface area contributed by atoms with Gasteiger partial charge in [-0.3, -0.25) is 9.69 Å². The first-order chi connectivity index (χ1) is 15.6. The Hall–Kier alpha value is -1.35. The Bertz CT molecular complexity index is 953. The maximum atomic E-state index is 12.7. The van der Waals surface area contributed by atoms with Crippen molar-refractivity contribution in [3.8, 4) is 0 Å². The molecule has 3 heterocycles. The average Bonchev–Trinajstić information content (AvgIpc) is 3.39. The number of rotatable bonds is 4. The molecule has 0 spiro atoms. The molecule has 1 amide bonds. The molecule has 3 aliphatic rings. The first-order valence-corrected chi connectivity index (χ1v) is 13.7. The molecule has 0 unspecified atom stereocenters. The number of benzene rings is 1. The van der Waals surface area contributed by atoms with Crippen LogP contribution < -0.4 is 10.6 Å². The van der Waals surface area contributed by atoms with E-state index in [1.807, 2.05) is 22.9 Å². The number of hydrogen-bond acceptors (Lipinski definition) is 6. The fraction of sp³-hybridized carbons (Fsp3) is 0.583. The fourth-order valence-electron chi connectivity index (χ4n) is 5.52. The van der Waals surface area contributed by atoms with Crippen LogP contribution in [0.2, 0.25) is 0 Å². The van der Waals surface area contributed by atoms with Gasteiger partial charge in [0.15, 0.2) is 0 Å². The van der Waals surface area contributed by atoms with E-state index in [0.29, 0.717) is 12.0 Å². The predicted octanol–water partition coefficient (Wildman–Crippen LogP) is 3.54. The second-order valence-corrected chi connectivity index (χ2v) is 11.2. The molecule has 1 aromatic carbocycles. The highest BCUT2D eigenvalue weighted by atomic mass is 79.9. The Labute approximate surface area is 203 Å². The molecule has 5 rings (SSSR count). The van der Waals surface area contributed by atoms with Crippen LogP contribution in [0.15, 0.2) is 34.9 Å². The van der Waals surface area contributed by atoms with Gasteiger partial charge in [0.2, 0.25) is 5.91 Å². The lowest BCUT2D eigenvalue weighted by Gasteiger charge is -2.43. The van der Waals surface area contributed by atoms with Crippen LogP contribution in [0, 0.1) is 5.92 Å². The van der Waals surface area contributed by atoms with Crippen molar-refractivity contribution in [1.82, 2.24) is 14.8 Å². The van der Waals surface area contributed by atoms with E-state index in [0.717, 1.165) is 80.3 Å². The highest BCUT2D eigenvalue weighted by molar-refractivity contribution is 9.10. The van der Waals surface area contributed by atoms with Gasteiger partial charge in [-0.05, 0) is 47.5 Å². The molecule has 1 atom stereocenters. The van der Waals surface area contributed by atoms with Gasteiger partial charge in [-0.2, -0.15) is 0 Å². The van der Waals surface area contributed by atoms with Crippen molar-refractivity contribution < 1.29 is 4.79 Å². The second kappa shape index (κ2) is 9.87. The summed E-state index contributed by atoms with van der Waals surface area (Å²) in [5.41, 5.74) is 6.40. The Morgan fingerprint density at radius 2 is 1.78 bits per heavy atom. The number of nitrogens with zero attached hydrogens (tertiary/aromatic N) is 4. The summed E-state index contributed by atoms with van der Waals surface area (Å²) in [5, 5.41) is 2.43. The molecule has 2 N–H and O–H groups in total. The minimum Gasteiger partial charge on any atom is -0.354 e. The van der Waals surface area contributed by atoms with E-state index in [-0.39, 0.29) is 11.9 Å². The van der Waals surface area contributed by atoms with Crippen molar-refractivity contribution in [1.29, 1.82) is 0 Å².